The van der Waals surface area contributed by atoms with Crippen molar-refractivity contribution < 1.29 is 38.0 Å². The first-order chi connectivity index (χ1) is 14.8. The van der Waals surface area contributed by atoms with Crippen molar-refractivity contribution in [1.29, 1.82) is 0 Å². The third-order valence-electron chi connectivity index (χ3n) is 4.79. The van der Waals surface area contributed by atoms with Gasteiger partial charge in [0.15, 0.2) is 23.2 Å². The molecule has 0 saturated carbocycles. The number of imidazole rings is 1. The predicted octanol–water partition coefficient (Wildman–Crippen LogP) is 0.949. The van der Waals surface area contributed by atoms with Crippen LogP contribution in [0.1, 0.15) is 11.8 Å². The summed E-state index contributed by atoms with van der Waals surface area (Å²) in [7, 11) is 0. The minimum absolute atomic E-state index is 0.0426. The van der Waals surface area contributed by atoms with Gasteiger partial charge in [-0.25, -0.2) is 15.0 Å². The topological polar surface area (TPSA) is 135 Å². The molecule has 0 spiro atoms. The maximum absolute atomic E-state index is 12.6. The Bertz CT molecular complexity index is 1060. The molecule has 2 aromatic heterocycles. The van der Waals surface area contributed by atoms with Gasteiger partial charge in [0.1, 0.15) is 30.4 Å². The molecular weight excluding hydrogens is 423 g/mol. The molecule has 1 saturated heterocycles. The van der Waals surface area contributed by atoms with E-state index in [1.807, 2.05) is 0 Å². The molecule has 4 rings (SSSR count). The zero-order valence-corrected chi connectivity index (χ0v) is 15.8. The van der Waals surface area contributed by atoms with E-state index in [1.54, 1.807) is 6.07 Å². The molecule has 1 fully saturated rings. The molecule has 0 unspecified atom stereocenters. The van der Waals surface area contributed by atoms with Crippen LogP contribution in [0.5, 0.6) is 5.75 Å². The highest BCUT2D eigenvalue weighted by Gasteiger charge is 2.44. The number of benzene rings is 1. The molecular formula is C18H18F3N5O5. The van der Waals surface area contributed by atoms with Crippen LogP contribution in [0.4, 0.5) is 19.0 Å². The highest BCUT2D eigenvalue weighted by molar-refractivity contribution is 5.82. The number of aliphatic hydroxyl groups excluding tert-OH is 3. The summed E-state index contributed by atoms with van der Waals surface area (Å²) in [6.45, 7) is -0.526. The number of alkyl halides is 3. The van der Waals surface area contributed by atoms with E-state index in [-0.39, 0.29) is 34.8 Å². The number of anilines is 1. The first-order valence-electron chi connectivity index (χ1n) is 9.16. The monoisotopic (exact) mass is 441 g/mol. The summed E-state index contributed by atoms with van der Waals surface area (Å²) in [6.07, 6.45) is -6.92. The summed E-state index contributed by atoms with van der Waals surface area (Å²) < 4.78 is 48.8. The molecule has 4 atom stereocenters. The second kappa shape index (κ2) is 8.26. The number of hydrogen-bond donors (Lipinski definition) is 4. The van der Waals surface area contributed by atoms with Gasteiger partial charge in [-0.05, 0) is 6.07 Å². The van der Waals surface area contributed by atoms with Gasteiger partial charge in [-0.15, -0.1) is 13.2 Å². The Hall–Kier alpha value is -3.00. The van der Waals surface area contributed by atoms with Crippen LogP contribution in [-0.2, 0) is 11.3 Å². The van der Waals surface area contributed by atoms with Crippen LogP contribution in [0.2, 0.25) is 0 Å². The molecule has 10 nitrogen and oxygen atoms in total. The molecule has 4 N–H and O–H groups in total. The molecule has 13 heteroatoms. The fourth-order valence-electron chi connectivity index (χ4n) is 3.33. The number of ether oxygens (including phenoxy) is 2. The lowest BCUT2D eigenvalue weighted by Crippen LogP contribution is -2.33. The Balaban J connectivity index is 1.58. The van der Waals surface area contributed by atoms with E-state index < -0.39 is 37.5 Å². The third kappa shape index (κ3) is 4.25. The van der Waals surface area contributed by atoms with E-state index >= 15 is 0 Å². The first kappa shape index (κ1) is 21.2. The Labute approximate surface area is 172 Å². The summed E-state index contributed by atoms with van der Waals surface area (Å²) in [5.74, 6) is -0.109. The maximum Gasteiger partial charge on any atom is 0.573 e. The average Bonchev–Trinajstić information content (AvgIpc) is 3.28. The average molecular weight is 441 g/mol. The second-order valence-corrected chi connectivity index (χ2v) is 6.78. The van der Waals surface area contributed by atoms with Crippen LogP contribution in [0, 0.1) is 0 Å². The van der Waals surface area contributed by atoms with Crippen molar-refractivity contribution >= 4 is 17.0 Å². The zero-order valence-electron chi connectivity index (χ0n) is 15.8. The largest absolute Gasteiger partial charge is 0.573 e. The minimum Gasteiger partial charge on any atom is -0.405 e. The Morgan fingerprint density at radius 1 is 1.13 bits per heavy atom. The van der Waals surface area contributed by atoms with Crippen molar-refractivity contribution in [3.63, 3.8) is 0 Å². The number of nitrogens with zero attached hydrogens (tertiary/aromatic N) is 4. The highest BCUT2D eigenvalue weighted by atomic mass is 19.4. The molecule has 1 aliphatic heterocycles. The molecule has 0 aliphatic carbocycles. The Kier molecular flexibility index (Phi) is 5.66. The van der Waals surface area contributed by atoms with Gasteiger partial charge in [0.2, 0.25) is 0 Å². The van der Waals surface area contributed by atoms with E-state index in [9.17, 15) is 28.5 Å². The smallest absolute Gasteiger partial charge is 0.405 e. The molecule has 1 aromatic carbocycles. The van der Waals surface area contributed by atoms with Crippen LogP contribution in [0.3, 0.4) is 0 Å². The molecule has 1 aliphatic rings. The number of fused-ring (bicyclic) bond motifs is 1. The quantitative estimate of drug-likeness (QED) is 0.441. The third-order valence-corrected chi connectivity index (χ3v) is 4.79. The number of aliphatic hydroxyl groups is 3. The SMILES string of the molecule is OC[C@H]1O[C@@H](n2cnc3c(NCc4ccccc4OC(F)(F)F)ncnc32)[C@H](O)[C@@H]1O. The standard InChI is InChI=1S/C18H18F3N5O5/c19-18(20,21)31-10-4-2-1-3-9(10)5-22-15-12-16(24-7-23-15)26(8-25-12)17-14(29)13(28)11(6-27)30-17/h1-4,7-8,11,13-14,17,27-29H,5-6H2,(H,22,23,24)/t11-,13-,14-,17-/m1/s1. The van der Waals surface area contributed by atoms with Gasteiger partial charge in [-0.2, -0.15) is 0 Å². The number of para-hydroxylation sites is 1. The lowest BCUT2D eigenvalue weighted by atomic mass is 10.1. The van der Waals surface area contributed by atoms with Crippen molar-refractivity contribution in [3.8, 4) is 5.75 Å². The van der Waals surface area contributed by atoms with Gasteiger partial charge < -0.3 is 30.1 Å². The summed E-state index contributed by atoms with van der Waals surface area (Å²) in [5, 5.41) is 32.4. The van der Waals surface area contributed by atoms with Crippen molar-refractivity contribution in [2.45, 2.75) is 37.4 Å². The van der Waals surface area contributed by atoms with E-state index in [2.05, 4.69) is 25.0 Å². The van der Waals surface area contributed by atoms with Gasteiger partial charge in [0, 0.05) is 12.1 Å². The number of aromatic nitrogens is 4. The van der Waals surface area contributed by atoms with Gasteiger partial charge in [-0.1, -0.05) is 18.2 Å². The summed E-state index contributed by atoms with van der Waals surface area (Å²) in [6, 6.07) is 5.68. The number of hydrogen-bond acceptors (Lipinski definition) is 9. The van der Waals surface area contributed by atoms with Crippen molar-refractivity contribution in [3.05, 3.63) is 42.5 Å². The Morgan fingerprint density at radius 2 is 1.90 bits per heavy atom. The van der Waals surface area contributed by atoms with Crippen molar-refractivity contribution in [1.82, 2.24) is 19.5 Å². The molecule has 31 heavy (non-hydrogen) atoms. The Morgan fingerprint density at radius 3 is 2.61 bits per heavy atom. The molecule has 3 aromatic rings. The molecule has 166 valence electrons. The lowest BCUT2D eigenvalue weighted by Gasteiger charge is -2.16. The second-order valence-electron chi connectivity index (χ2n) is 6.78. The van der Waals surface area contributed by atoms with Gasteiger partial charge >= 0.3 is 6.36 Å². The predicted molar refractivity (Wildman–Crippen MR) is 98.8 cm³/mol. The van der Waals surface area contributed by atoms with E-state index in [4.69, 9.17) is 4.74 Å². The molecule has 0 bridgehead atoms. The van der Waals surface area contributed by atoms with Crippen molar-refractivity contribution in [2.24, 2.45) is 0 Å². The fourth-order valence-corrected chi connectivity index (χ4v) is 3.33. The van der Waals surface area contributed by atoms with E-state index in [1.165, 1.54) is 35.4 Å². The van der Waals surface area contributed by atoms with Gasteiger partial charge in [0.25, 0.3) is 0 Å². The summed E-state index contributed by atoms with van der Waals surface area (Å²) in [5.41, 5.74) is 0.774. The normalized spacial score (nSPS) is 23.9. The van der Waals surface area contributed by atoms with Crippen LogP contribution in [-0.4, -0.2) is 66.1 Å². The summed E-state index contributed by atoms with van der Waals surface area (Å²) in [4.78, 5) is 12.4. The molecule has 0 amide bonds. The van der Waals surface area contributed by atoms with Crippen molar-refractivity contribution in [2.75, 3.05) is 11.9 Å². The number of halogens is 3. The number of rotatable bonds is 6. The van der Waals surface area contributed by atoms with Gasteiger partial charge in [-0.3, -0.25) is 4.57 Å². The van der Waals surface area contributed by atoms with Gasteiger partial charge in [0.05, 0.1) is 12.9 Å². The fraction of sp³-hybridized carbons (Fsp3) is 0.389. The van der Waals surface area contributed by atoms with Crippen LogP contribution < -0.4 is 10.1 Å². The maximum atomic E-state index is 12.6. The molecule has 0 radical (unpaired) electrons. The van der Waals surface area contributed by atoms with Crippen LogP contribution in [0.15, 0.2) is 36.9 Å². The highest BCUT2D eigenvalue weighted by Crippen LogP contribution is 2.32. The summed E-state index contributed by atoms with van der Waals surface area (Å²) >= 11 is 0. The molecule has 3 heterocycles. The van der Waals surface area contributed by atoms with Crippen LogP contribution in [0.25, 0.3) is 11.2 Å². The zero-order chi connectivity index (χ0) is 22.2. The minimum atomic E-state index is -4.82. The van der Waals surface area contributed by atoms with E-state index in [0.29, 0.717) is 0 Å². The lowest BCUT2D eigenvalue weighted by molar-refractivity contribution is -0.274. The first-order valence-corrected chi connectivity index (χ1v) is 9.16. The van der Waals surface area contributed by atoms with Crippen LogP contribution >= 0.6 is 0 Å². The van der Waals surface area contributed by atoms with E-state index in [0.717, 1.165) is 0 Å². The number of nitrogens with one attached hydrogen (secondary N) is 1.